The third-order valence-electron chi connectivity index (χ3n) is 2.93. The van der Waals surface area contributed by atoms with Gasteiger partial charge in [-0.2, -0.15) is 0 Å². The van der Waals surface area contributed by atoms with E-state index in [9.17, 15) is 9.90 Å². The topological polar surface area (TPSA) is 62.5 Å². The maximum absolute atomic E-state index is 11.3. The van der Waals surface area contributed by atoms with Gasteiger partial charge in [-0.1, -0.05) is 13.8 Å². The van der Waals surface area contributed by atoms with Crippen molar-refractivity contribution in [3.05, 3.63) is 24.2 Å². The molecule has 17 heavy (non-hydrogen) atoms. The van der Waals surface area contributed by atoms with Gasteiger partial charge >= 0.3 is 5.97 Å². The number of nitrogens with one attached hydrogen (secondary N) is 1. The molecule has 1 rings (SSSR count). The van der Waals surface area contributed by atoms with Crippen molar-refractivity contribution in [2.24, 2.45) is 5.92 Å². The van der Waals surface area contributed by atoms with E-state index in [1.165, 1.54) is 0 Å². The van der Waals surface area contributed by atoms with Gasteiger partial charge in [0.15, 0.2) is 0 Å². The van der Waals surface area contributed by atoms with Crippen LogP contribution in [0.25, 0.3) is 0 Å². The van der Waals surface area contributed by atoms with E-state index >= 15 is 0 Å². The van der Waals surface area contributed by atoms with Crippen LogP contribution in [0, 0.1) is 5.92 Å². The second-order valence-corrected chi connectivity index (χ2v) is 5.00. The summed E-state index contributed by atoms with van der Waals surface area (Å²) in [5.74, 6) is 0.436. The summed E-state index contributed by atoms with van der Waals surface area (Å²) in [5, 5.41) is 12.3. The molecule has 1 unspecified atom stereocenters. The molecule has 0 aromatic carbocycles. The lowest BCUT2D eigenvalue weighted by molar-refractivity contribution is -0.144. The average Bonchev–Trinajstić information content (AvgIpc) is 2.76. The van der Waals surface area contributed by atoms with Crippen LogP contribution in [0.3, 0.4) is 0 Å². The smallest absolute Gasteiger partial charge is 0.323 e. The first-order valence-corrected chi connectivity index (χ1v) is 5.95. The predicted octanol–water partition coefficient (Wildman–Crippen LogP) is 2.65. The molecule has 0 bridgehead atoms. The number of carboxylic acids is 1. The molecule has 0 aliphatic heterocycles. The SMILES string of the molecule is CC(C)CCC(C)(NCc1ccco1)C(=O)O. The van der Waals surface area contributed by atoms with Crippen LogP contribution in [0.15, 0.2) is 22.8 Å². The molecular formula is C13H21NO3. The van der Waals surface area contributed by atoms with Crippen LogP contribution >= 0.6 is 0 Å². The molecule has 0 radical (unpaired) electrons. The van der Waals surface area contributed by atoms with Crippen LogP contribution < -0.4 is 5.32 Å². The first-order valence-electron chi connectivity index (χ1n) is 5.95. The van der Waals surface area contributed by atoms with Gasteiger partial charge in [0.1, 0.15) is 11.3 Å². The second kappa shape index (κ2) is 5.87. The minimum absolute atomic E-state index is 0.438. The molecule has 96 valence electrons. The molecule has 0 amide bonds. The molecule has 0 saturated carbocycles. The van der Waals surface area contributed by atoms with Crippen LogP contribution in [0.5, 0.6) is 0 Å². The molecule has 0 saturated heterocycles. The fraction of sp³-hybridized carbons (Fsp3) is 0.615. The Hall–Kier alpha value is -1.29. The molecular weight excluding hydrogens is 218 g/mol. The summed E-state index contributed by atoms with van der Waals surface area (Å²) in [5.41, 5.74) is -0.892. The van der Waals surface area contributed by atoms with E-state index in [1.807, 2.05) is 6.07 Å². The molecule has 1 aromatic heterocycles. The molecule has 0 spiro atoms. The predicted molar refractivity (Wildman–Crippen MR) is 65.7 cm³/mol. The van der Waals surface area contributed by atoms with Gasteiger partial charge in [-0.05, 0) is 37.8 Å². The molecule has 1 atom stereocenters. The normalized spacial score (nSPS) is 14.8. The van der Waals surface area contributed by atoms with E-state index in [-0.39, 0.29) is 0 Å². The summed E-state index contributed by atoms with van der Waals surface area (Å²) in [4.78, 5) is 11.3. The Morgan fingerprint density at radius 2 is 2.29 bits per heavy atom. The van der Waals surface area contributed by atoms with Crippen molar-refractivity contribution in [2.45, 2.75) is 45.7 Å². The summed E-state index contributed by atoms with van der Waals surface area (Å²) in [7, 11) is 0. The van der Waals surface area contributed by atoms with Crippen LogP contribution in [0.4, 0.5) is 0 Å². The summed E-state index contributed by atoms with van der Waals surface area (Å²) in [6.45, 7) is 6.35. The number of hydrogen-bond acceptors (Lipinski definition) is 3. The van der Waals surface area contributed by atoms with Gasteiger partial charge < -0.3 is 9.52 Å². The summed E-state index contributed by atoms with van der Waals surface area (Å²) >= 11 is 0. The monoisotopic (exact) mass is 239 g/mol. The van der Waals surface area contributed by atoms with Crippen molar-refractivity contribution in [3.63, 3.8) is 0 Å². The maximum atomic E-state index is 11.3. The lowest BCUT2D eigenvalue weighted by atomic mass is 9.92. The highest BCUT2D eigenvalue weighted by Crippen LogP contribution is 2.18. The van der Waals surface area contributed by atoms with Gasteiger partial charge in [0.25, 0.3) is 0 Å². The number of hydrogen-bond donors (Lipinski definition) is 2. The lowest BCUT2D eigenvalue weighted by Gasteiger charge is -2.26. The number of carbonyl (C=O) groups is 1. The highest BCUT2D eigenvalue weighted by molar-refractivity contribution is 5.78. The van der Waals surface area contributed by atoms with Crippen molar-refractivity contribution in [3.8, 4) is 0 Å². The Kier molecular flexibility index (Phi) is 4.75. The van der Waals surface area contributed by atoms with Crippen LogP contribution in [-0.4, -0.2) is 16.6 Å². The third kappa shape index (κ3) is 4.23. The molecule has 4 heteroatoms. The molecule has 4 nitrogen and oxygen atoms in total. The van der Waals surface area contributed by atoms with E-state index in [2.05, 4.69) is 19.2 Å². The molecule has 1 aromatic rings. The first kappa shape index (κ1) is 13.8. The third-order valence-corrected chi connectivity index (χ3v) is 2.93. The van der Waals surface area contributed by atoms with E-state index < -0.39 is 11.5 Å². The van der Waals surface area contributed by atoms with Gasteiger partial charge in [-0.3, -0.25) is 10.1 Å². The zero-order valence-electron chi connectivity index (χ0n) is 10.7. The van der Waals surface area contributed by atoms with Crippen molar-refractivity contribution in [1.29, 1.82) is 0 Å². The van der Waals surface area contributed by atoms with Crippen molar-refractivity contribution < 1.29 is 14.3 Å². The fourth-order valence-electron chi connectivity index (χ4n) is 1.54. The minimum atomic E-state index is -0.892. The Bertz CT molecular complexity index is 346. The molecule has 2 N–H and O–H groups in total. The van der Waals surface area contributed by atoms with Gasteiger partial charge in [-0.15, -0.1) is 0 Å². The summed E-state index contributed by atoms with van der Waals surface area (Å²) < 4.78 is 5.18. The van der Waals surface area contributed by atoms with E-state index in [0.29, 0.717) is 18.9 Å². The fourth-order valence-corrected chi connectivity index (χ4v) is 1.54. The minimum Gasteiger partial charge on any atom is -0.480 e. The van der Waals surface area contributed by atoms with E-state index in [0.717, 1.165) is 12.2 Å². The zero-order valence-corrected chi connectivity index (χ0v) is 10.7. The Morgan fingerprint density at radius 1 is 1.59 bits per heavy atom. The van der Waals surface area contributed by atoms with Crippen molar-refractivity contribution in [2.75, 3.05) is 0 Å². The standard InChI is InChI=1S/C13H21NO3/c1-10(2)6-7-13(3,12(15)16)14-9-11-5-4-8-17-11/h4-5,8,10,14H,6-7,9H2,1-3H3,(H,15,16). The van der Waals surface area contributed by atoms with Crippen LogP contribution in [0.2, 0.25) is 0 Å². The first-order chi connectivity index (χ1) is 7.94. The van der Waals surface area contributed by atoms with Gasteiger partial charge in [0, 0.05) is 0 Å². The number of carboxylic acid groups (broad SMARTS) is 1. The lowest BCUT2D eigenvalue weighted by Crippen LogP contribution is -2.49. The van der Waals surface area contributed by atoms with Gasteiger partial charge in [-0.25, -0.2) is 0 Å². The maximum Gasteiger partial charge on any atom is 0.323 e. The molecule has 0 aliphatic carbocycles. The van der Waals surface area contributed by atoms with E-state index in [4.69, 9.17) is 4.42 Å². The summed E-state index contributed by atoms with van der Waals surface area (Å²) in [6.07, 6.45) is 3.08. The number of rotatable bonds is 7. The van der Waals surface area contributed by atoms with Crippen molar-refractivity contribution >= 4 is 5.97 Å². The second-order valence-electron chi connectivity index (χ2n) is 5.00. The highest BCUT2D eigenvalue weighted by Gasteiger charge is 2.32. The highest BCUT2D eigenvalue weighted by atomic mass is 16.4. The zero-order chi connectivity index (χ0) is 12.9. The average molecular weight is 239 g/mol. The molecule has 0 fully saturated rings. The Labute approximate surface area is 102 Å². The molecule has 0 aliphatic rings. The van der Waals surface area contributed by atoms with Crippen LogP contribution in [-0.2, 0) is 11.3 Å². The van der Waals surface area contributed by atoms with Crippen LogP contribution in [0.1, 0.15) is 39.4 Å². The number of furan rings is 1. The summed E-state index contributed by atoms with van der Waals surface area (Å²) in [6, 6.07) is 3.63. The largest absolute Gasteiger partial charge is 0.480 e. The quantitative estimate of drug-likeness (QED) is 0.767. The number of aliphatic carboxylic acids is 1. The molecule has 1 heterocycles. The Balaban J connectivity index is 2.55. The van der Waals surface area contributed by atoms with Gasteiger partial charge in [0.05, 0.1) is 12.8 Å². The Morgan fingerprint density at radius 3 is 2.76 bits per heavy atom. The van der Waals surface area contributed by atoms with Crippen molar-refractivity contribution in [1.82, 2.24) is 5.32 Å². The van der Waals surface area contributed by atoms with Gasteiger partial charge in [0.2, 0.25) is 0 Å². The van der Waals surface area contributed by atoms with E-state index in [1.54, 1.807) is 19.3 Å².